The summed E-state index contributed by atoms with van der Waals surface area (Å²) in [5, 5.41) is 8.76. The summed E-state index contributed by atoms with van der Waals surface area (Å²) in [5.41, 5.74) is 1.55. The molecule has 0 bridgehead atoms. The van der Waals surface area contributed by atoms with Crippen LogP contribution < -0.4 is 10.5 Å². The molecule has 25 heavy (non-hydrogen) atoms. The van der Waals surface area contributed by atoms with Gasteiger partial charge in [0.15, 0.2) is 11.4 Å². The predicted octanol–water partition coefficient (Wildman–Crippen LogP) is 2.31. The van der Waals surface area contributed by atoms with E-state index < -0.39 is 11.7 Å². The van der Waals surface area contributed by atoms with Gasteiger partial charge in [-0.1, -0.05) is 0 Å². The van der Waals surface area contributed by atoms with Crippen molar-refractivity contribution in [2.75, 3.05) is 7.11 Å². The quantitative estimate of drug-likeness (QED) is 0.691. The van der Waals surface area contributed by atoms with Gasteiger partial charge < -0.3 is 14.3 Å². The molecule has 0 amide bonds. The third kappa shape index (κ3) is 3.30. The maximum atomic E-state index is 12.6. The molecule has 0 spiro atoms. The van der Waals surface area contributed by atoms with E-state index in [4.69, 9.17) is 14.3 Å². The second-order valence-corrected chi connectivity index (χ2v) is 5.40. The first-order valence-corrected chi connectivity index (χ1v) is 7.53. The highest BCUT2D eigenvalue weighted by atomic mass is 16.5. The van der Waals surface area contributed by atoms with E-state index >= 15 is 0 Å². The fraction of sp³-hybridized carbons (Fsp3) is 0.167. The van der Waals surface area contributed by atoms with E-state index in [-0.39, 0.29) is 24.3 Å². The van der Waals surface area contributed by atoms with Crippen LogP contribution in [0.15, 0.2) is 51.7 Å². The number of aliphatic carboxylic acids is 1. The van der Waals surface area contributed by atoms with Crippen LogP contribution in [0.4, 0.5) is 0 Å². The van der Waals surface area contributed by atoms with Gasteiger partial charge in [-0.05, 0) is 42.5 Å². The van der Waals surface area contributed by atoms with E-state index in [0.717, 1.165) is 0 Å². The summed E-state index contributed by atoms with van der Waals surface area (Å²) in [6.45, 7) is 0.00688. The van der Waals surface area contributed by atoms with E-state index in [0.29, 0.717) is 22.4 Å². The number of benzene rings is 2. The molecule has 3 rings (SSSR count). The second-order valence-electron chi connectivity index (χ2n) is 5.40. The van der Waals surface area contributed by atoms with Crippen molar-refractivity contribution in [3.8, 4) is 5.75 Å². The number of oxazole rings is 1. The molecule has 7 nitrogen and oxygen atoms in total. The molecular weight excluding hydrogens is 326 g/mol. The van der Waals surface area contributed by atoms with Crippen molar-refractivity contribution in [3.63, 3.8) is 0 Å². The van der Waals surface area contributed by atoms with Crippen molar-refractivity contribution in [2.24, 2.45) is 0 Å². The van der Waals surface area contributed by atoms with Crippen molar-refractivity contribution in [1.29, 1.82) is 0 Å². The predicted molar refractivity (Wildman–Crippen MR) is 89.2 cm³/mol. The number of hydrogen-bond donors (Lipinski definition) is 1. The summed E-state index contributed by atoms with van der Waals surface area (Å²) < 4.78 is 11.4. The van der Waals surface area contributed by atoms with Crippen molar-refractivity contribution >= 4 is 22.9 Å². The normalized spacial score (nSPS) is 10.8. The van der Waals surface area contributed by atoms with Crippen molar-refractivity contribution in [3.05, 3.63) is 64.1 Å². The molecule has 1 aromatic heterocycles. The average Bonchev–Trinajstić information content (AvgIpc) is 2.93. The minimum Gasteiger partial charge on any atom is -0.497 e. The minimum atomic E-state index is -1.01. The summed E-state index contributed by atoms with van der Waals surface area (Å²) in [6.07, 6.45) is -0.193. The lowest BCUT2D eigenvalue weighted by Gasteiger charge is -2.04. The Bertz CT molecular complexity index is 997. The molecule has 0 aliphatic carbocycles. The number of carboxylic acids is 1. The van der Waals surface area contributed by atoms with Gasteiger partial charge in [-0.2, -0.15) is 0 Å². The molecule has 1 heterocycles. The Labute approximate surface area is 142 Å². The summed E-state index contributed by atoms with van der Waals surface area (Å²) in [6, 6.07) is 11.3. The molecule has 0 aliphatic rings. The maximum Gasteiger partial charge on any atom is 0.419 e. The number of carbonyl (C=O) groups excluding carboxylic acids is 1. The standard InChI is InChI=1S/C18H15NO6/c1-24-13-5-2-11(3-6-13)17(22)12-4-7-14-15(10-12)25-18(23)19(14)9-8-16(20)21/h2-7,10H,8-9H2,1H3,(H,20,21). The van der Waals surface area contributed by atoms with Gasteiger partial charge in [0.1, 0.15) is 5.75 Å². The van der Waals surface area contributed by atoms with Gasteiger partial charge in [0, 0.05) is 17.7 Å². The number of fused-ring (bicyclic) bond motifs is 1. The lowest BCUT2D eigenvalue weighted by molar-refractivity contribution is -0.137. The molecule has 0 radical (unpaired) electrons. The Kier molecular flexibility index (Phi) is 4.38. The molecule has 2 aromatic carbocycles. The highest BCUT2D eigenvalue weighted by Gasteiger charge is 2.15. The number of carbonyl (C=O) groups is 2. The lowest BCUT2D eigenvalue weighted by atomic mass is 10.0. The zero-order valence-corrected chi connectivity index (χ0v) is 13.4. The fourth-order valence-electron chi connectivity index (χ4n) is 2.54. The molecule has 0 fully saturated rings. The van der Waals surface area contributed by atoms with Crippen molar-refractivity contribution < 1.29 is 23.8 Å². The molecule has 0 atom stereocenters. The van der Waals surface area contributed by atoms with Crippen molar-refractivity contribution in [2.45, 2.75) is 13.0 Å². The first-order chi connectivity index (χ1) is 12.0. The number of carboxylic acid groups (broad SMARTS) is 1. The van der Waals surface area contributed by atoms with Crippen LogP contribution >= 0.6 is 0 Å². The Morgan fingerprint density at radius 3 is 2.44 bits per heavy atom. The first kappa shape index (κ1) is 16.5. The van der Waals surface area contributed by atoms with E-state index in [1.807, 2.05) is 0 Å². The topological polar surface area (TPSA) is 98.7 Å². The number of nitrogens with zero attached hydrogens (tertiary/aromatic N) is 1. The summed E-state index contributed by atoms with van der Waals surface area (Å²) >= 11 is 0. The summed E-state index contributed by atoms with van der Waals surface area (Å²) in [5.74, 6) is -1.23. The monoisotopic (exact) mass is 341 g/mol. The van der Waals surface area contributed by atoms with Gasteiger partial charge in [-0.3, -0.25) is 14.2 Å². The van der Waals surface area contributed by atoms with E-state index in [2.05, 4.69) is 0 Å². The molecule has 7 heteroatoms. The molecule has 1 N–H and O–H groups in total. The number of ether oxygens (including phenoxy) is 1. The third-order valence-corrected chi connectivity index (χ3v) is 3.83. The van der Waals surface area contributed by atoms with Crippen LogP contribution in [0.5, 0.6) is 5.75 Å². The Morgan fingerprint density at radius 2 is 1.80 bits per heavy atom. The second kappa shape index (κ2) is 6.64. The zero-order chi connectivity index (χ0) is 18.0. The molecule has 0 unspecified atom stereocenters. The molecular formula is C18H15NO6. The largest absolute Gasteiger partial charge is 0.497 e. The van der Waals surface area contributed by atoms with E-state index in [1.165, 1.54) is 10.6 Å². The number of methoxy groups -OCH3 is 1. The number of rotatable bonds is 6. The van der Waals surface area contributed by atoms with Crippen LogP contribution in [-0.2, 0) is 11.3 Å². The fourth-order valence-corrected chi connectivity index (χ4v) is 2.54. The SMILES string of the molecule is COc1ccc(C(=O)c2ccc3c(c2)oc(=O)n3CCC(=O)O)cc1. The van der Waals surface area contributed by atoms with E-state index in [1.54, 1.807) is 43.5 Å². The van der Waals surface area contributed by atoms with Crippen LogP contribution in [0.3, 0.4) is 0 Å². The molecule has 0 saturated carbocycles. The van der Waals surface area contributed by atoms with Gasteiger partial charge in [-0.25, -0.2) is 4.79 Å². The Hall–Kier alpha value is -3.35. The highest BCUT2D eigenvalue weighted by molar-refractivity contribution is 6.10. The van der Waals surface area contributed by atoms with Gasteiger partial charge >= 0.3 is 11.7 Å². The average molecular weight is 341 g/mol. The summed E-state index contributed by atoms with van der Waals surface area (Å²) in [4.78, 5) is 35.1. The van der Waals surface area contributed by atoms with Gasteiger partial charge in [0.25, 0.3) is 0 Å². The number of hydrogen-bond acceptors (Lipinski definition) is 5. The highest BCUT2D eigenvalue weighted by Crippen LogP contribution is 2.19. The number of ketones is 1. The maximum absolute atomic E-state index is 12.6. The van der Waals surface area contributed by atoms with Gasteiger partial charge in [0.05, 0.1) is 19.0 Å². The van der Waals surface area contributed by atoms with E-state index in [9.17, 15) is 14.4 Å². The Morgan fingerprint density at radius 1 is 1.12 bits per heavy atom. The minimum absolute atomic E-state index is 0.00688. The lowest BCUT2D eigenvalue weighted by Crippen LogP contribution is -2.16. The molecule has 0 aliphatic heterocycles. The zero-order valence-electron chi connectivity index (χ0n) is 13.4. The first-order valence-electron chi connectivity index (χ1n) is 7.53. The number of aryl methyl sites for hydroxylation is 1. The molecule has 128 valence electrons. The number of aromatic nitrogens is 1. The van der Waals surface area contributed by atoms with Crippen LogP contribution in [0, 0.1) is 0 Å². The molecule has 0 saturated heterocycles. The smallest absolute Gasteiger partial charge is 0.419 e. The van der Waals surface area contributed by atoms with Crippen LogP contribution in [0.25, 0.3) is 11.1 Å². The summed E-state index contributed by atoms with van der Waals surface area (Å²) in [7, 11) is 1.54. The van der Waals surface area contributed by atoms with Crippen LogP contribution in [0.2, 0.25) is 0 Å². The van der Waals surface area contributed by atoms with Crippen LogP contribution in [0.1, 0.15) is 22.3 Å². The Balaban J connectivity index is 1.94. The third-order valence-electron chi connectivity index (χ3n) is 3.83. The molecule has 3 aromatic rings. The van der Waals surface area contributed by atoms with Crippen LogP contribution in [-0.4, -0.2) is 28.5 Å². The van der Waals surface area contributed by atoms with Gasteiger partial charge in [0.2, 0.25) is 0 Å². The van der Waals surface area contributed by atoms with Gasteiger partial charge in [-0.15, -0.1) is 0 Å². The van der Waals surface area contributed by atoms with Crippen molar-refractivity contribution in [1.82, 2.24) is 4.57 Å².